The van der Waals surface area contributed by atoms with Gasteiger partial charge < -0.3 is 30.2 Å². The summed E-state index contributed by atoms with van der Waals surface area (Å²) in [6, 6.07) is 0. The van der Waals surface area contributed by atoms with Gasteiger partial charge in [0.05, 0.1) is 19.6 Å². The average molecular weight is 377 g/mol. The van der Waals surface area contributed by atoms with Crippen molar-refractivity contribution < 1.29 is 66.4 Å². The van der Waals surface area contributed by atoms with Crippen molar-refractivity contribution in [2.24, 2.45) is 0 Å². The van der Waals surface area contributed by atoms with Crippen molar-refractivity contribution in [2.45, 2.75) is 5.91 Å². The first-order valence-electron chi connectivity index (χ1n) is 5.75. The van der Waals surface area contributed by atoms with Gasteiger partial charge in [-0.15, -0.1) is 6.54 Å². The summed E-state index contributed by atoms with van der Waals surface area (Å²) in [6.07, 6.45) is 0. The molecule has 12 nitrogen and oxygen atoms in total. The Kier molecular flexibility index (Phi) is 8.09. The quantitative estimate of drug-likeness (QED) is 0.131. The van der Waals surface area contributed by atoms with Gasteiger partial charge in [-0.25, -0.2) is 11.3 Å². The summed E-state index contributed by atoms with van der Waals surface area (Å²) in [4.78, 5) is 53.2. The van der Waals surface area contributed by atoms with Gasteiger partial charge >= 0.3 is 29.8 Å². The van der Waals surface area contributed by atoms with Gasteiger partial charge in [0.15, 0.2) is 0 Å². The van der Waals surface area contributed by atoms with Crippen molar-refractivity contribution >= 4 is 23.9 Å². The molecule has 0 spiro atoms. The normalized spacial score (nSPS) is 15.0. The largest absolute Gasteiger partial charge is 0.480 e. The second-order valence-corrected chi connectivity index (χ2v) is 4.21. The van der Waals surface area contributed by atoms with Gasteiger partial charge in [-0.3, -0.25) is 14.4 Å². The maximum atomic E-state index is 11.0. The van der Waals surface area contributed by atoms with E-state index in [-0.39, 0.29) is 23.6 Å². The van der Waals surface area contributed by atoms with E-state index < -0.39 is 49.4 Å². The second-order valence-electron chi connectivity index (χ2n) is 4.21. The predicted octanol–water partition coefficient (Wildman–Crippen LogP) is -2.30. The van der Waals surface area contributed by atoms with Gasteiger partial charge in [0.2, 0.25) is 0 Å². The van der Waals surface area contributed by atoms with E-state index in [1.165, 1.54) is 0 Å². The van der Waals surface area contributed by atoms with E-state index in [0.29, 0.717) is 4.90 Å². The molecule has 1 saturated heterocycles. The number of carbonyl (C=O) groups is 4. The molecule has 0 aromatic carbocycles. The number of nitrogens with zero attached hydrogens (tertiary/aromatic N) is 2. The summed E-state index contributed by atoms with van der Waals surface area (Å²) in [5.41, 5.74) is 0. The number of hydrogen-bond acceptors (Lipinski definition) is 8. The third kappa shape index (κ3) is 6.48. The zero-order chi connectivity index (χ0) is 16.9. The Morgan fingerprint density at radius 3 is 1.61 bits per heavy atom. The molecule has 0 aliphatic carbocycles. The van der Waals surface area contributed by atoms with Gasteiger partial charge in [-0.2, -0.15) is 9.78 Å². The molecular formula is C10H13FeN2O10-. The minimum absolute atomic E-state index is 0. The molecule has 1 rings (SSSR count). The Hall–Kier alpha value is -1.76. The van der Waals surface area contributed by atoms with Gasteiger partial charge in [0.1, 0.15) is 0 Å². The van der Waals surface area contributed by atoms with Crippen LogP contribution in [0, 0.1) is 6.54 Å². The third-order valence-electron chi connectivity index (χ3n) is 2.47. The molecule has 1 aliphatic heterocycles. The van der Waals surface area contributed by atoms with Crippen molar-refractivity contribution in [1.29, 1.82) is 0 Å². The third-order valence-corrected chi connectivity index (χ3v) is 2.47. The van der Waals surface area contributed by atoms with E-state index in [0.717, 1.165) is 11.4 Å². The van der Waals surface area contributed by atoms with E-state index in [2.05, 4.69) is 9.78 Å². The van der Waals surface area contributed by atoms with Crippen LogP contribution in [0.2, 0.25) is 0 Å². The molecule has 0 aromatic heterocycles. The molecule has 132 valence electrons. The Balaban J connectivity index is 0.00000484. The molecule has 0 unspecified atom stereocenters. The Morgan fingerprint density at radius 2 is 1.30 bits per heavy atom. The fraction of sp³-hybridized carbons (Fsp3) is 0.500. The molecule has 4 N–H and O–H groups in total. The minimum atomic E-state index is -2.30. The predicted molar refractivity (Wildman–Crippen MR) is 62.9 cm³/mol. The number of carboxylic acids is 4. The van der Waals surface area contributed by atoms with Crippen LogP contribution in [0.25, 0.3) is 0 Å². The topological polar surface area (TPSA) is 181 Å². The minimum Gasteiger partial charge on any atom is -0.480 e. The maximum absolute atomic E-state index is 11.0. The van der Waals surface area contributed by atoms with Crippen molar-refractivity contribution in [3.05, 3.63) is 6.54 Å². The van der Waals surface area contributed by atoms with E-state index >= 15 is 0 Å². The average Bonchev–Trinajstić information content (AvgIpc) is 3.13. The van der Waals surface area contributed by atoms with Crippen molar-refractivity contribution in [3.63, 3.8) is 0 Å². The summed E-state index contributed by atoms with van der Waals surface area (Å²) in [5, 5.41) is 35.0. The number of rotatable bonds is 11. The molecule has 0 bridgehead atoms. The van der Waals surface area contributed by atoms with Crippen LogP contribution in [0.5, 0.6) is 0 Å². The molecule has 0 radical (unpaired) electrons. The molecule has 0 atom stereocenters. The molecular weight excluding hydrogens is 364 g/mol. The summed E-state index contributed by atoms with van der Waals surface area (Å²) in [5.74, 6) is -7.89. The smallest absolute Gasteiger partial charge is 0.384 e. The molecule has 0 amide bonds. The summed E-state index contributed by atoms with van der Waals surface area (Å²) in [7, 11) is 0. The van der Waals surface area contributed by atoms with Gasteiger partial charge in [0, 0.05) is 17.1 Å². The number of carboxylic acid groups (broad SMARTS) is 4. The van der Waals surface area contributed by atoms with E-state index in [4.69, 9.17) is 20.4 Å². The van der Waals surface area contributed by atoms with Crippen LogP contribution in [0.4, 0.5) is 0 Å². The maximum Gasteiger partial charge on any atom is 0.384 e. The Morgan fingerprint density at radius 1 is 0.870 bits per heavy atom. The molecule has 13 heteroatoms. The van der Waals surface area contributed by atoms with E-state index in [9.17, 15) is 19.2 Å². The summed E-state index contributed by atoms with van der Waals surface area (Å²) < 4.78 is 0. The molecule has 0 aromatic rings. The molecule has 1 aliphatic rings. The van der Waals surface area contributed by atoms with E-state index in [1.807, 2.05) is 0 Å². The molecule has 1 heterocycles. The van der Waals surface area contributed by atoms with Crippen molar-refractivity contribution in [1.82, 2.24) is 9.80 Å². The Labute approximate surface area is 139 Å². The van der Waals surface area contributed by atoms with Crippen LogP contribution in [0.3, 0.4) is 0 Å². The van der Waals surface area contributed by atoms with Crippen molar-refractivity contribution in [2.75, 3.05) is 26.2 Å². The van der Waals surface area contributed by atoms with Crippen LogP contribution < -0.4 is 0 Å². The first-order chi connectivity index (χ1) is 10.2. The first kappa shape index (κ1) is 21.2. The van der Waals surface area contributed by atoms with Crippen LogP contribution in [0.1, 0.15) is 0 Å². The van der Waals surface area contributed by atoms with Gasteiger partial charge in [-0.05, 0) is 0 Å². The first-order valence-corrected chi connectivity index (χ1v) is 5.75. The van der Waals surface area contributed by atoms with E-state index in [1.54, 1.807) is 0 Å². The molecule has 23 heavy (non-hydrogen) atoms. The van der Waals surface area contributed by atoms with Gasteiger partial charge in [-0.1, -0.05) is 0 Å². The zero-order valence-electron chi connectivity index (χ0n) is 11.4. The number of hydrogen-bond donors (Lipinski definition) is 4. The zero-order valence-corrected chi connectivity index (χ0v) is 12.5. The standard InChI is InChI=1S/C10H13N2O10.Fe/c13-6(14)3-11(4-7(15)16)1-2-12(5-8(17)18)10(9(19)20)21-22-10;/h2H,1,3-5H2,(H,13,14)(H,15,16)(H,17,18)(H,19,20);/q-1;. The molecule has 1 fully saturated rings. The van der Waals surface area contributed by atoms with Crippen LogP contribution in [0.15, 0.2) is 0 Å². The van der Waals surface area contributed by atoms with Crippen LogP contribution in [-0.4, -0.2) is 86.2 Å². The molecule has 0 saturated carbocycles. The summed E-state index contributed by atoms with van der Waals surface area (Å²) in [6.45, 7) is -1.42. The fourth-order valence-electron chi connectivity index (χ4n) is 1.55. The number of aliphatic carboxylic acids is 4. The Bertz CT molecular complexity index is 464. The van der Waals surface area contributed by atoms with Crippen LogP contribution >= 0.6 is 0 Å². The van der Waals surface area contributed by atoms with Crippen molar-refractivity contribution in [3.8, 4) is 0 Å². The monoisotopic (exact) mass is 377 g/mol. The fourth-order valence-corrected chi connectivity index (χ4v) is 1.55. The summed E-state index contributed by atoms with van der Waals surface area (Å²) >= 11 is 0. The van der Waals surface area contributed by atoms with Crippen LogP contribution in [-0.2, 0) is 46.0 Å². The second kappa shape index (κ2) is 8.76. The SMILES string of the molecule is O=C(O)CN(C[CH-]N(CC(=O)O)C1(C(=O)O)OO1)CC(=O)O.[Fe]. The van der Waals surface area contributed by atoms with Gasteiger partial charge in [0.25, 0.3) is 0 Å².